The molecule has 5 nitrogen and oxygen atoms in total. The van der Waals surface area contributed by atoms with Crippen LogP contribution in [0.5, 0.6) is 5.75 Å². The van der Waals surface area contributed by atoms with Gasteiger partial charge in [0.05, 0.1) is 18.4 Å². The standard InChI is InChI=1S/C20H17NO4S/c1-25-18(23)12-14-11-17(20(24)21-15-5-3-2-4-6-15)26-19(14)13-7-9-16(22)10-8-13/h2-11,22H,12H2,1H3,(H,21,24). The molecule has 2 aromatic carbocycles. The van der Waals surface area contributed by atoms with E-state index in [4.69, 9.17) is 4.74 Å². The fraction of sp³-hybridized carbons (Fsp3) is 0.100. The third-order valence-electron chi connectivity index (χ3n) is 3.76. The number of anilines is 1. The molecule has 0 saturated carbocycles. The summed E-state index contributed by atoms with van der Waals surface area (Å²) in [6, 6.07) is 17.5. The number of para-hydroxylation sites is 1. The van der Waals surface area contributed by atoms with E-state index in [0.717, 1.165) is 10.4 Å². The molecule has 0 fully saturated rings. The first-order valence-corrected chi connectivity index (χ1v) is 8.74. The number of rotatable bonds is 5. The molecular formula is C20H17NO4S. The van der Waals surface area contributed by atoms with Gasteiger partial charge in [-0.05, 0) is 53.6 Å². The molecule has 0 saturated heterocycles. The summed E-state index contributed by atoms with van der Waals surface area (Å²) in [5.41, 5.74) is 2.24. The summed E-state index contributed by atoms with van der Waals surface area (Å²) >= 11 is 1.30. The number of nitrogens with one attached hydrogen (secondary N) is 1. The number of amides is 1. The normalized spacial score (nSPS) is 10.3. The lowest BCUT2D eigenvalue weighted by atomic mass is 10.1. The number of thiophene rings is 1. The maximum atomic E-state index is 12.6. The number of hydrogen-bond acceptors (Lipinski definition) is 5. The average Bonchev–Trinajstić information content (AvgIpc) is 3.07. The molecule has 0 bridgehead atoms. The van der Waals surface area contributed by atoms with Crippen LogP contribution in [0, 0.1) is 0 Å². The predicted molar refractivity (Wildman–Crippen MR) is 102 cm³/mol. The van der Waals surface area contributed by atoms with Gasteiger partial charge in [0, 0.05) is 10.6 Å². The van der Waals surface area contributed by atoms with E-state index in [9.17, 15) is 14.7 Å². The molecule has 0 atom stereocenters. The van der Waals surface area contributed by atoms with E-state index < -0.39 is 0 Å². The van der Waals surface area contributed by atoms with E-state index in [-0.39, 0.29) is 24.0 Å². The summed E-state index contributed by atoms with van der Waals surface area (Å²) in [7, 11) is 1.33. The van der Waals surface area contributed by atoms with Crippen molar-refractivity contribution in [2.24, 2.45) is 0 Å². The van der Waals surface area contributed by atoms with Gasteiger partial charge in [-0.3, -0.25) is 9.59 Å². The zero-order valence-corrected chi connectivity index (χ0v) is 14.9. The molecule has 0 spiro atoms. The lowest BCUT2D eigenvalue weighted by Gasteiger charge is -2.03. The number of esters is 1. The Kier molecular flexibility index (Phi) is 5.34. The van der Waals surface area contributed by atoms with Gasteiger partial charge in [0.2, 0.25) is 0 Å². The van der Waals surface area contributed by atoms with Crippen LogP contribution in [0.25, 0.3) is 10.4 Å². The van der Waals surface area contributed by atoms with Gasteiger partial charge >= 0.3 is 5.97 Å². The maximum Gasteiger partial charge on any atom is 0.310 e. The second kappa shape index (κ2) is 7.84. The van der Waals surface area contributed by atoms with Gasteiger partial charge in [-0.1, -0.05) is 18.2 Å². The first-order valence-electron chi connectivity index (χ1n) is 7.92. The van der Waals surface area contributed by atoms with Crippen molar-refractivity contribution in [2.45, 2.75) is 6.42 Å². The van der Waals surface area contributed by atoms with Gasteiger partial charge in [-0.15, -0.1) is 11.3 Å². The van der Waals surface area contributed by atoms with Crippen LogP contribution in [0.15, 0.2) is 60.7 Å². The molecule has 1 heterocycles. The van der Waals surface area contributed by atoms with E-state index in [1.807, 2.05) is 30.3 Å². The van der Waals surface area contributed by atoms with Gasteiger partial charge in [0.15, 0.2) is 0 Å². The predicted octanol–water partition coefficient (Wildman–Crippen LogP) is 4.09. The van der Waals surface area contributed by atoms with Crippen molar-refractivity contribution in [2.75, 3.05) is 12.4 Å². The third-order valence-corrected chi connectivity index (χ3v) is 4.98. The minimum atomic E-state index is -0.377. The van der Waals surface area contributed by atoms with Gasteiger partial charge in [-0.2, -0.15) is 0 Å². The summed E-state index contributed by atoms with van der Waals surface area (Å²) in [6.45, 7) is 0. The molecule has 0 aliphatic rings. The van der Waals surface area contributed by atoms with Crippen LogP contribution in [0.3, 0.4) is 0 Å². The number of aromatic hydroxyl groups is 1. The first kappa shape index (κ1) is 17.7. The van der Waals surface area contributed by atoms with Crippen LogP contribution in [-0.4, -0.2) is 24.1 Å². The summed E-state index contributed by atoms with van der Waals surface area (Å²) in [6.07, 6.45) is 0.0713. The summed E-state index contributed by atoms with van der Waals surface area (Å²) in [5, 5.41) is 12.3. The first-order chi connectivity index (χ1) is 12.6. The number of carbonyl (C=O) groups excluding carboxylic acids is 2. The SMILES string of the molecule is COC(=O)Cc1cc(C(=O)Nc2ccccc2)sc1-c1ccc(O)cc1. The van der Waals surface area contributed by atoms with Crippen LogP contribution in [0.2, 0.25) is 0 Å². The molecule has 0 unspecified atom stereocenters. The van der Waals surface area contributed by atoms with Crippen LogP contribution < -0.4 is 5.32 Å². The molecule has 3 aromatic rings. The number of carbonyl (C=O) groups is 2. The Morgan fingerprint density at radius 1 is 1.08 bits per heavy atom. The molecule has 132 valence electrons. The van der Waals surface area contributed by atoms with E-state index in [2.05, 4.69) is 5.32 Å². The monoisotopic (exact) mass is 367 g/mol. The number of hydrogen-bond donors (Lipinski definition) is 2. The highest BCUT2D eigenvalue weighted by Gasteiger charge is 2.18. The number of phenols is 1. The average molecular weight is 367 g/mol. The van der Waals surface area contributed by atoms with Crippen molar-refractivity contribution in [1.29, 1.82) is 0 Å². The van der Waals surface area contributed by atoms with Gasteiger partial charge < -0.3 is 15.2 Å². The highest BCUT2D eigenvalue weighted by molar-refractivity contribution is 7.17. The van der Waals surface area contributed by atoms with Crippen molar-refractivity contribution in [3.8, 4) is 16.2 Å². The van der Waals surface area contributed by atoms with E-state index in [1.54, 1.807) is 30.3 Å². The fourth-order valence-corrected chi connectivity index (χ4v) is 3.55. The molecule has 1 amide bonds. The van der Waals surface area contributed by atoms with Crippen molar-refractivity contribution in [1.82, 2.24) is 0 Å². The molecule has 26 heavy (non-hydrogen) atoms. The van der Waals surface area contributed by atoms with Crippen molar-refractivity contribution in [3.05, 3.63) is 71.1 Å². The minimum Gasteiger partial charge on any atom is -0.508 e. The number of ether oxygens (including phenoxy) is 1. The summed E-state index contributed by atoms with van der Waals surface area (Å²) < 4.78 is 4.75. The molecular weight excluding hydrogens is 350 g/mol. The van der Waals surface area contributed by atoms with Crippen LogP contribution in [0.4, 0.5) is 5.69 Å². The number of methoxy groups -OCH3 is 1. The molecule has 6 heteroatoms. The fourth-order valence-electron chi connectivity index (χ4n) is 2.47. The van der Waals surface area contributed by atoms with Crippen molar-refractivity contribution >= 4 is 28.9 Å². The Bertz CT molecular complexity index is 917. The van der Waals surface area contributed by atoms with Gasteiger partial charge in [0.25, 0.3) is 5.91 Å². The van der Waals surface area contributed by atoms with Crippen molar-refractivity contribution in [3.63, 3.8) is 0 Å². The Hall–Kier alpha value is -3.12. The molecule has 3 rings (SSSR count). The van der Waals surface area contributed by atoms with Crippen molar-refractivity contribution < 1.29 is 19.4 Å². The Morgan fingerprint density at radius 3 is 2.42 bits per heavy atom. The Labute approximate surface area is 154 Å². The third kappa shape index (κ3) is 4.10. The molecule has 0 aliphatic heterocycles. The second-order valence-corrected chi connectivity index (χ2v) is 6.64. The van der Waals surface area contributed by atoms with E-state index in [1.165, 1.54) is 18.4 Å². The van der Waals surface area contributed by atoms with E-state index >= 15 is 0 Å². The lowest BCUT2D eigenvalue weighted by Crippen LogP contribution is -2.10. The molecule has 0 aliphatic carbocycles. The Balaban J connectivity index is 1.93. The van der Waals surface area contributed by atoms with E-state index in [0.29, 0.717) is 16.1 Å². The zero-order valence-electron chi connectivity index (χ0n) is 14.1. The lowest BCUT2D eigenvalue weighted by molar-refractivity contribution is -0.139. The minimum absolute atomic E-state index is 0.0713. The number of phenolic OH excluding ortho intramolecular Hbond substituents is 1. The highest BCUT2D eigenvalue weighted by atomic mass is 32.1. The largest absolute Gasteiger partial charge is 0.508 e. The zero-order chi connectivity index (χ0) is 18.5. The maximum absolute atomic E-state index is 12.6. The van der Waals surface area contributed by atoms with Crippen LogP contribution in [0.1, 0.15) is 15.2 Å². The quantitative estimate of drug-likeness (QED) is 0.666. The van der Waals surface area contributed by atoms with Crippen LogP contribution in [-0.2, 0) is 16.0 Å². The topological polar surface area (TPSA) is 75.6 Å². The van der Waals surface area contributed by atoms with Gasteiger partial charge in [-0.25, -0.2) is 0 Å². The molecule has 2 N–H and O–H groups in total. The highest BCUT2D eigenvalue weighted by Crippen LogP contribution is 2.34. The molecule has 0 radical (unpaired) electrons. The smallest absolute Gasteiger partial charge is 0.310 e. The van der Waals surface area contributed by atoms with Gasteiger partial charge in [0.1, 0.15) is 5.75 Å². The second-order valence-electron chi connectivity index (χ2n) is 5.58. The van der Waals surface area contributed by atoms with Crippen LogP contribution >= 0.6 is 11.3 Å². The summed E-state index contributed by atoms with van der Waals surface area (Å²) in [5.74, 6) is -0.461. The summed E-state index contributed by atoms with van der Waals surface area (Å²) in [4.78, 5) is 25.6. The molecule has 1 aromatic heterocycles. The number of benzene rings is 2. The Morgan fingerprint density at radius 2 is 1.77 bits per heavy atom.